The predicted octanol–water partition coefficient (Wildman–Crippen LogP) is 0.237. The van der Waals surface area contributed by atoms with Crippen LogP contribution in [0.5, 0.6) is 0 Å². The highest BCUT2D eigenvalue weighted by molar-refractivity contribution is 7.79. The molecule has 0 fully saturated rings. The number of benzene rings is 1. The van der Waals surface area contributed by atoms with Gasteiger partial charge in [-0.15, -0.1) is 0 Å². The van der Waals surface area contributed by atoms with Gasteiger partial charge in [0.15, 0.2) is 0 Å². The quantitative estimate of drug-likeness (QED) is 0.540. The highest BCUT2D eigenvalue weighted by atomic mass is 35.5. The molecule has 1 aromatic rings. The van der Waals surface area contributed by atoms with Gasteiger partial charge in [0.1, 0.15) is 0 Å². The molecular weight excluding hydrogens is 308 g/mol. The van der Waals surface area contributed by atoms with Gasteiger partial charge in [0.25, 0.3) is 5.91 Å². The molecule has 1 unspecified atom stereocenters. The molecule has 0 saturated heterocycles. The summed E-state index contributed by atoms with van der Waals surface area (Å²) in [5, 5.41) is 16.1. The van der Waals surface area contributed by atoms with E-state index < -0.39 is 11.1 Å². The Labute approximate surface area is 124 Å². The van der Waals surface area contributed by atoms with Crippen molar-refractivity contribution in [1.82, 2.24) is 10.4 Å². The number of likely N-dealkylation sites (N-methyl/N-ethyl adjacent to an activating group) is 1. The summed E-state index contributed by atoms with van der Waals surface area (Å²) < 4.78 is 21.7. The van der Waals surface area contributed by atoms with Crippen molar-refractivity contribution in [2.75, 3.05) is 27.2 Å². The van der Waals surface area contributed by atoms with E-state index in [-0.39, 0.29) is 34.5 Å². The molecule has 114 valence electrons. The SMILES string of the molecule is CN(CCO)C(=O)c1ccc(Cl)c(S(=O)[O-])c1.CNO. The van der Waals surface area contributed by atoms with Crippen molar-refractivity contribution >= 4 is 28.6 Å². The van der Waals surface area contributed by atoms with E-state index in [1.54, 1.807) is 5.48 Å². The van der Waals surface area contributed by atoms with Gasteiger partial charge in [0.05, 0.1) is 11.6 Å². The Balaban J connectivity index is 0.00000110. The van der Waals surface area contributed by atoms with E-state index in [0.29, 0.717) is 0 Å². The van der Waals surface area contributed by atoms with E-state index >= 15 is 0 Å². The Morgan fingerprint density at radius 3 is 2.55 bits per heavy atom. The molecule has 1 atom stereocenters. The van der Waals surface area contributed by atoms with E-state index in [0.717, 1.165) is 0 Å². The minimum Gasteiger partial charge on any atom is -0.768 e. The van der Waals surface area contributed by atoms with Crippen molar-refractivity contribution in [3.63, 3.8) is 0 Å². The standard InChI is InChI=1S/C10H12ClNO4S.CH5NO/c1-12(4-5-13)10(14)7-2-3-8(11)9(6-7)17(15)16;1-2-3/h2-3,6,13H,4-5H2,1H3,(H,15,16);2-3H,1H3/p-1. The molecule has 0 radical (unpaired) electrons. The maximum Gasteiger partial charge on any atom is 0.253 e. The van der Waals surface area contributed by atoms with Crippen molar-refractivity contribution in [2.24, 2.45) is 0 Å². The van der Waals surface area contributed by atoms with Gasteiger partial charge in [0.2, 0.25) is 0 Å². The zero-order chi connectivity index (χ0) is 15.7. The Bertz CT molecular complexity index is 472. The number of carbonyl (C=O) groups excluding carboxylic acids is 1. The van der Waals surface area contributed by atoms with Gasteiger partial charge in [0, 0.05) is 31.1 Å². The zero-order valence-corrected chi connectivity index (χ0v) is 12.6. The van der Waals surface area contributed by atoms with Gasteiger partial charge in [-0.2, -0.15) is 0 Å². The molecule has 0 bridgehead atoms. The summed E-state index contributed by atoms with van der Waals surface area (Å²) in [5.41, 5.74) is 1.96. The summed E-state index contributed by atoms with van der Waals surface area (Å²) in [6.45, 7) is 0.0213. The summed E-state index contributed by atoms with van der Waals surface area (Å²) in [6, 6.07) is 4.00. The zero-order valence-electron chi connectivity index (χ0n) is 11.0. The van der Waals surface area contributed by atoms with Crippen LogP contribution in [0.3, 0.4) is 0 Å². The summed E-state index contributed by atoms with van der Waals surface area (Å²) >= 11 is 3.19. The minimum atomic E-state index is -2.49. The molecule has 0 saturated carbocycles. The number of nitrogens with one attached hydrogen (secondary N) is 1. The molecule has 0 aromatic heterocycles. The Hall–Kier alpha value is -1.03. The third-order valence-electron chi connectivity index (χ3n) is 2.14. The van der Waals surface area contributed by atoms with Gasteiger partial charge in [-0.1, -0.05) is 11.6 Å². The lowest BCUT2D eigenvalue weighted by molar-refractivity contribution is 0.0766. The first-order valence-electron chi connectivity index (χ1n) is 5.45. The minimum absolute atomic E-state index is 0.0692. The first-order valence-corrected chi connectivity index (χ1v) is 6.90. The average Bonchev–Trinajstić information content (AvgIpc) is 2.39. The fourth-order valence-corrected chi connectivity index (χ4v) is 1.99. The highest BCUT2D eigenvalue weighted by Crippen LogP contribution is 2.21. The average molecular weight is 324 g/mol. The van der Waals surface area contributed by atoms with Gasteiger partial charge in [-0.05, 0) is 29.3 Å². The third kappa shape index (κ3) is 5.95. The van der Waals surface area contributed by atoms with Crippen LogP contribution in [-0.4, -0.2) is 57.1 Å². The van der Waals surface area contributed by atoms with Crippen molar-refractivity contribution in [3.05, 3.63) is 28.8 Å². The number of rotatable bonds is 4. The first-order chi connectivity index (χ1) is 9.38. The number of nitrogens with zero attached hydrogens (tertiary/aromatic N) is 1. The topological polar surface area (TPSA) is 113 Å². The van der Waals surface area contributed by atoms with Crippen LogP contribution in [0.15, 0.2) is 23.1 Å². The first kappa shape index (κ1) is 19.0. The highest BCUT2D eigenvalue weighted by Gasteiger charge is 2.13. The number of hydrogen-bond donors (Lipinski definition) is 3. The van der Waals surface area contributed by atoms with Crippen molar-refractivity contribution in [3.8, 4) is 0 Å². The Kier molecular flexibility index (Phi) is 9.30. The van der Waals surface area contributed by atoms with Gasteiger partial charge in [-0.3, -0.25) is 9.00 Å². The van der Waals surface area contributed by atoms with Crippen LogP contribution in [-0.2, 0) is 11.1 Å². The Morgan fingerprint density at radius 2 is 2.10 bits per heavy atom. The molecule has 0 aliphatic rings. The lowest BCUT2D eigenvalue weighted by Crippen LogP contribution is -2.29. The molecule has 0 spiro atoms. The predicted molar refractivity (Wildman–Crippen MR) is 73.5 cm³/mol. The van der Waals surface area contributed by atoms with Crippen LogP contribution in [0.25, 0.3) is 0 Å². The summed E-state index contributed by atoms with van der Waals surface area (Å²) in [4.78, 5) is 13.0. The monoisotopic (exact) mass is 323 g/mol. The molecular formula is C11H16ClN2O5S-. The lowest BCUT2D eigenvalue weighted by atomic mass is 10.2. The number of aliphatic hydroxyl groups is 1. The fourth-order valence-electron chi connectivity index (χ4n) is 1.24. The molecule has 1 amide bonds. The van der Waals surface area contributed by atoms with E-state index in [4.69, 9.17) is 21.9 Å². The third-order valence-corrected chi connectivity index (χ3v) is 3.28. The van der Waals surface area contributed by atoms with Crippen molar-refractivity contribution in [1.29, 1.82) is 0 Å². The van der Waals surface area contributed by atoms with Crippen LogP contribution >= 0.6 is 11.6 Å². The Morgan fingerprint density at radius 1 is 1.55 bits per heavy atom. The van der Waals surface area contributed by atoms with Crippen molar-refractivity contribution in [2.45, 2.75) is 4.90 Å². The smallest absolute Gasteiger partial charge is 0.253 e. The van der Waals surface area contributed by atoms with E-state index in [2.05, 4.69) is 0 Å². The lowest BCUT2D eigenvalue weighted by Gasteiger charge is -2.17. The van der Waals surface area contributed by atoms with Crippen LogP contribution in [0.1, 0.15) is 10.4 Å². The molecule has 20 heavy (non-hydrogen) atoms. The van der Waals surface area contributed by atoms with Gasteiger partial charge in [-0.25, -0.2) is 5.48 Å². The maximum atomic E-state index is 11.8. The second-order valence-corrected chi connectivity index (χ2v) is 4.87. The number of aliphatic hydroxyl groups excluding tert-OH is 1. The van der Waals surface area contributed by atoms with Gasteiger partial charge < -0.3 is 19.8 Å². The summed E-state index contributed by atoms with van der Waals surface area (Å²) in [5.74, 6) is -0.373. The molecule has 9 heteroatoms. The number of hydrogen-bond acceptors (Lipinski definition) is 6. The summed E-state index contributed by atoms with van der Waals surface area (Å²) in [7, 11) is 2.95. The second kappa shape index (κ2) is 9.81. The van der Waals surface area contributed by atoms with E-state index in [1.165, 1.54) is 37.2 Å². The summed E-state index contributed by atoms with van der Waals surface area (Å²) in [6.07, 6.45) is 0. The van der Waals surface area contributed by atoms with Crippen LogP contribution in [0.4, 0.5) is 0 Å². The molecule has 0 aliphatic heterocycles. The molecule has 1 aromatic carbocycles. The molecule has 0 aliphatic carbocycles. The van der Waals surface area contributed by atoms with Crippen LogP contribution < -0.4 is 5.48 Å². The normalized spacial score (nSPS) is 11.3. The van der Waals surface area contributed by atoms with Gasteiger partial charge >= 0.3 is 0 Å². The number of carbonyl (C=O) groups is 1. The maximum absolute atomic E-state index is 11.8. The second-order valence-electron chi connectivity index (χ2n) is 3.55. The number of amides is 1. The number of halogens is 1. The molecule has 0 heterocycles. The fraction of sp³-hybridized carbons (Fsp3) is 0.364. The number of hydroxylamine groups is 1. The molecule has 3 N–H and O–H groups in total. The van der Waals surface area contributed by atoms with Crippen LogP contribution in [0.2, 0.25) is 5.02 Å². The molecule has 1 rings (SSSR count). The van der Waals surface area contributed by atoms with E-state index in [9.17, 15) is 13.6 Å². The van der Waals surface area contributed by atoms with Crippen molar-refractivity contribution < 1.29 is 23.9 Å². The van der Waals surface area contributed by atoms with E-state index in [1.807, 2.05) is 0 Å². The largest absolute Gasteiger partial charge is 0.768 e. The molecule has 7 nitrogen and oxygen atoms in total. The van der Waals surface area contributed by atoms with Crippen LogP contribution in [0, 0.1) is 0 Å².